The molecule has 1 aromatic rings. The molecule has 1 aromatic carbocycles. The van der Waals surface area contributed by atoms with Crippen molar-refractivity contribution in [3.63, 3.8) is 0 Å². The van der Waals surface area contributed by atoms with Crippen LogP contribution in [0.1, 0.15) is 13.3 Å². The summed E-state index contributed by atoms with van der Waals surface area (Å²) in [6, 6.07) is 8.51. The van der Waals surface area contributed by atoms with E-state index in [0.717, 1.165) is 4.08 Å². The molecule has 0 heterocycles. The number of benzene rings is 1. The summed E-state index contributed by atoms with van der Waals surface area (Å²) >= 11 is 4.91. The van der Waals surface area contributed by atoms with E-state index in [4.69, 9.17) is 22.8 Å². The lowest BCUT2D eigenvalue weighted by Gasteiger charge is -2.27. The van der Waals surface area contributed by atoms with Crippen LogP contribution in [0.3, 0.4) is 0 Å². The molecule has 0 aliphatic rings. The normalized spacial score (nSPS) is 12.7. The molecular weight excluding hydrogens is 291 g/mol. The molecule has 0 aliphatic carbocycles. The van der Waals surface area contributed by atoms with E-state index >= 15 is 0 Å². The van der Waals surface area contributed by atoms with E-state index in [9.17, 15) is 8.42 Å². The molecule has 0 bridgehead atoms. The quantitative estimate of drug-likeness (QED) is 0.685. The lowest BCUT2D eigenvalue weighted by atomic mass is 10.3. The fourth-order valence-electron chi connectivity index (χ4n) is 1.34. The Morgan fingerprint density at radius 2 is 1.89 bits per heavy atom. The summed E-state index contributed by atoms with van der Waals surface area (Å²) in [5.74, 6) is 0. The molecule has 0 spiro atoms. The van der Waals surface area contributed by atoms with E-state index in [-0.39, 0.29) is 6.54 Å². The zero-order chi connectivity index (χ0) is 13.8. The highest BCUT2D eigenvalue weighted by atomic mass is 32.5. The van der Waals surface area contributed by atoms with Crippen molar-refractivity contribution in [2.75, 3.05) is 11.3 Å². The molecule has 0 aromatic heterocycles. The number of rotatable bonds is 6. The van der Waals surface area contributed by atoms with Crippen molar-refractivity contribution >= 4 is 34.2 Å². The molecule has 0 aliphatic heterocycles. The van der Waals surface area contributed by atoms with Gasteiger partial charge in [-0.1, -0.05) is 25.1 Å². The number of nitrogens with one attached hydrogen (secondary N) is 1. The van der Waals surface area contributed by atoms with Gasteiger partial charge >= 0.3 is 10.2 Å². The Kier molecular flexibility index (Phi) is 5.27. The fraction of sp³-hybridized carbons (Fsp3) is 0.333. The van der Waals surface area contributed by atoms with Crippen LogP contribution in [0.5, 0.6) is 0 Å². The van der Waals surface area contributed by atoms with Crippen molar-refractivity contribution in [2.24, 2.45) is 11.0 Å². The molecule has 0 atom stereocenters. The average molecular weight is 308 g/mol. The summed E-state index contributed by atoms with van der Waals surface area (Å²) < 4.78 is 27.7. The molecule has 0 saturated carbocycles. The van der Waals surface area contributed by atoms with E-state index in [2.05, 4.69) is 4.72 Å². The molecule has 6 nitrogen and oxygen atoms in total. The first-order valence-corrected chi connectivity index (χ1v) is 9.64. The van der Waals surface area contributed by atoms with Gasteiger partial charge in [0.15, 0.2) is 0 Å². The van der Waals surface area contributed by atoms with Crippen LogP contribution < -0.4 is 15.7 Å². The van der Waals surface area contributed by atoms with Crippen LogP contribution in [0.4, 0.5) is 5.69 Å². The van der Waals surface area contributed by atoms with Gasteiger partial charge in [-0.05, 0) is 30.4 Å². The lowest BCUT2D eigenvalue weighted by Crippen LogP contribution is -2.38. The molecule has 9 heteroatoms. The molecule has 102 valence electrons. The minimum absolute atomic E-state index is 0.201. The highest BCUT2D eigenvalue weighted by Gasteiger charge is 2.29. The van der Waals surface area contributed by atoms with Crippen LogP contribution >= 0.6 is 6.49 Å². The van der Waals surface area contributed by atoms with Crippen molar-refractivity contribution in [2.45, 2.75) is 13.3 Å². The maximum atomic E-state index is 12.2. The van der Waals surface area contributed by atoms with Crippen molar-refractivity contribution < 1.29 is 8.42 Å². The smallest absolute Gasteiger partial charge is 0.279 e. The fourth-order valence-corrected chi connectivity index (χ4v) is 5.32. The summed E-state index contributed by atoms with van der Waals surface area (Å²) in [4.78, 5) is 0. The standard InChI is InChI=1S/C9H17N4O2PS2/c1-2-8-13(16(10,11)17)18(14,15)12-9-6-4-3-5-7-9/h3-7,12H,2,8H2,1H3,(H4,10,11,17). The summed E-state index contributed by atoms with van der Waals surface area (Å²) in [6.45, 7) is -1.00. The van der Waals surface area contributed by atoms with Gasteiger partial charge in [-0.3, -0.25) is 15.7 Å². The van der Waals surface area contributed by atoms with Gasteiger partial charge in [0.2, 0.25) is 0 Å². The topological polar surface area (TPSA) is 101 Å². The maximum absolute atomic E-state index is 12.2. The first-order chi connectivity index (χ1) is 8.27. The van der Waals surface area contributed by atoms with Crippen LogP contribution in [-0.2, 0) is 22.0 Å². The van der Waals surface area contributed by atoms with Gasteiger partial charge in [-0.25, -0.2) is 0 Å². The third-order valence-electron chi connectivity index (χ3n) is 2.06. The largest absolute Gasteiger partial charge is 0.307 e. The minimum atomic E-state index is -3.82. The average Bonchev–Trinajstić information content (AvgIpc) is 2.24. The first kappa shape index (κ1) is 15.6. The zero-order valence-corrected chi connectivity index (χ0v) is 12.5. The van der Waals surface area contributed by atoms with E-state index < -0.39 is 16.7 Å². The Hall–Kier alpha value is -0.500. The van der Waals surface area contributed by atoms with E-state index in [1.54, 1.807) is 30.3 Å². The number of anilines is 1. The second kappa shape index (κ2) is 6.10. The van der Waals surface area contributed by atoms with Gasteiger partial charge in [-0.2, -0.15) is 8.42 Å². The Labute approximate surface area is 113 Å². The van der Waals surface area contributed by atoms with Gasteiger partial charge in [0.05, 0.1) is 0 Å². The molecule has 18 heavy (non-hydrogen) atoms. The third-order valence-corrected chi connectivity index (χ3v) is 6.55. The van der Waals surface area contributed by atoms with Crippen molar-refractivity contribution in [1.29, 1.82) is 0 Å². The Balaban J connectivity index is 3.00. The summed E-state index contributed by atoms with van der Waals surface area (Å²) in [7, 11) is -3.82. The van der Waals surface area contributed by atoms with Crippen LogP contribution in [0.15, 0.2) is 30.3 Å². The highest BCUT2D eigenvalue weighted by Crippen LogP contribution is 2.35. The van der Waals surface area contributed by atoms with Crippen molar-refractivity contribution in [3.05, 3.63) is 30.3 Å². The van der Waals surface area contributed by atoms with E-state index in [0.29, 0.717) is 12.1 Å². The SMILES string of the molecule is CCCN(P(N)(N)=S)S(=O)(=O)Nc1ccccc1. The van der Waals surface area contributed by atoms with E-state index in [1.165, 1.54) is 0 Å². The van der Waals surface area contributed by atoms with Crippen LogP contribution in [0, 0.1) is 0 Å². The molecule has 0 saturated heterocycles. The Morgan fingerprint density at radius 1 is 1.33 bits per heavy atom. The van der Waals surface area contributed by atoms with Crippen molar-refractivity contribution in [1.82, 2.24) is 4.08 Å². The monoisotopic (exact) mass is 308 g/mol. The number of nitrogens with zero attached hydrogens (tertiary/aromatic N) is 1. The summed E-state index contributed by atoms with van der Waals surface area (Å²) in [6.07, 6.45) is 0.586. The van der Waals surface area contributed by atoms with Crippen LogP contribution in [-0.4, -0.2) is 19.0 Å². The van der Waals surface area contributed by atoms with Gasteiger partial charge in [0.25, 0.3) is 0 Å². The minimum Gasteiger partial charge on any atom is -0.279 e. The Morgan fingerprint density at radius 3 is 2.33 bits per heavy atom. The summed E-state index contributed by atoms with van der Waals surface area (Å²) in [5.41, 5.74) is 11.7. The van der Waals surface area contributed by atoms with Gasteiger partial charge in [0.1, 0.15) is 6.49 Å². The number of para-hydroxylation sites is 1. The second-order valence-corrected chi connectivity index (χ2v) is 9.14. The third kappa shape index (κ3) is 4.31. The molecular formula is C9H17N4O2PS2. The molecule has 0 unspecified atom stereocenters. The zero-order valence-electron chi connectivity index (χ0n) is 9.98. The first-order valence-electron chi connectivity index (χ1n) is 5.30. The molecule has 1 rings (SSSR count). The molecule has 0 amide bonds. The maximum Gasteiger partial charge on any atom is 0.307 e. The molecule has 5 N–H and O–H groups in total. The Bertz CT molecular complexity index is 529. The van der Waals surface area contributed by atoms with Crippen LogP contribution in [0.25, 0.3) is 0 Å². The predicted molar refractivity (Wildman–Crippen MR) is 78.6 cm³/mol. The lowest BCUT2D eigenvalue weighted by molar-refractivity contribution is 0.539. The second-order valence-electron chi connectivity index (χ2n) is 3.69. The molecule has 0 radical (unpaired) electrons. The predicted octanol–water partition coefficient (Wildman–Crippen LogP) is 1.20. The molecule has 0 fully saturated rings. The van der Waals surface area contributed by atoms with Gasteiger partial charge < -0.3 is 0 Å². The van der Waals surface area contributed by atoms with E-state index in [1.807, 2.05) is 6.92 Å². The van der Waals surface area contributed by atoms with Gasteiger partial charge in [0, 0.05) is 12.2 Å². The number of hydrogen-bond donors (Lipinski definition) is 3. The van der Waals surface area contributed by atoms with Crippen LogP contribution in [0.2, 0.25) is 0 Å². The number of nitrogens with two attached hydrogens (primary N) is 2. The van der Waals surface area contributed by atoms with Crippen molar-refractivity contribution in [3.8, 4) is 0 Å². The summed E-state index contributed by atoms with van der Waals surface area (Å²) in [5, 5.41) is 0. The number of hydrogen-bond acceptors (Lipinski definition) is 3. The van der Waals surface area contributed by atoms with Gasteiger partial charge in [-0.15, -0.1) is 4.08 Å². The highest BCUT2D eigenvalue weighted by molar-refractivity contribution is 8.15.